The standard InChI is InChI=1S/C17H24N4/c1-2-12-21-19-16(13-18-15-10-6-7-11-15)17(20-21)14-8-4-3-5-9-14/h3-5,8-9,15,18H,2,6-7,10-13H2,1H3. The lowest BCUT2D eigenvalue weighted by Crippen LogP contribution is -2.25. The maximum absolute atomic E-state index is 4.68. The molecule has 0 aliphatic heterocycles. The van der Waals surface area contributed by atoms with Crippen molar-refractivity contribution in [1.29, 1.82) is 0 Å². The van der Waals surface area contributed by atoms with Crippen molar-refractivity contribution in [3.8, 4) is 11.3 Å². The number of nitrogens with zero attached hydrogens (tertiary/aromatic N) is 3. The maximum atomic E-state index is 4.68. The predicted molar refractivity (Wildman–Crippen MR) is 84.8 cm³/mol. The molecule has 1 N–H and O–H groups in total. The Hall–Kier alpha value is -1.68. The van der Waals surface area contributed by atoms with Crippen LogP contribution in [0.1, 0.15) is 44.7 Å². The number of rotatable bonds is 6. The molecule has 112 valence electrons. The molecule has 0 unspecified atom stereocenters. The van der Waals surface area contributed by atoms with Crippen LogP contribution in [0.15, 0.2) is 30.3 Å². The van der Waals surface area contributed by atoms with Gasteiger partial charge in [0.1, 0.15) is 11.4 Å². The molecule has 1 fully saturated rings. The summed E-state index contributed by atoms with van der Waals surface area (Å²) in [5, 5.41) is 13.0. The van der Waals surface area contributed by atoms with Gasteiger partial charge >= 0.3 is 0 Å². The molecule has 1 heterocycles. The van der Waals surface area contributed by atoms with Crippen LogP contribution in [0.4, 0.5) is 0 Å². The number of nitrogens with one attached hydrogen (secondary N) is 1. The van der Waals surface area contributed by atoms with Gasteiger partial charge in [0.05, 0.1) is 6.54 Å². The zero-order chi connectivity index (χ0) is 14.5. The zero-order valence-electron chi connectivity index (χ0n) is 12.8. The highest BCUT2D eigenvalue weighted by molar-refractivity contribution is 5.60. The summed E-state index contributed by atoms with van der Waals surface area (Å²) in [6, 6.07) is 11.0. The number of hydrogen-bond acceptors (Lipinski definition) is 3. The van der Waals surface area contributed by atoms with Crippen LogP contribution in [-0.4, -0.2) is 21.0 Å². The molecule has 0 amide bonds. The summed E-state index contributed by atoms with van der Waals surface area (Å²) >= 11 is 0. The van der Waals surface area contributed by atoms with Gasteiger partial charge in [-0.2, -0.15) is 15.0 Å². The fraction of sp³-hybridized carbons (Fsp3) is 0.529. The summed E-state index contributed by atoms with van der Waals surface area (Å²) in [5.74, 6) is 0. The molecule has 1 saturated carbocycles. The summed E-state index contributed by atoms with van der Waals surface area (Å²) in [7, 11) is 0. The lowest BCUT2D eigenvalue weighted by Gasteiger charge is -2.10. The molecule has 1 aliphatic rings. The van der Waals surface area contributed by atoms with E-state index in [9.17, 15) is 0 Å². The van der Waals surface area contributed by atoms with Crippen molar-refractivity contribution in [2.45, 2.75) is 58.2 Å². The Morgan fingerprint density at radius 1 is 1.14 bits per heavy atom. The van der Waals surface area contributed by atoms with Gasteiger partial charge in [-0.25, -0.2) is 0 Å². The quantitative estimate of drug-likeness (QED) is 0.884. The highest BCUT2D eigenvalue weighted by Crippen LogP contribution is 2.22. The van der Waals surface area contributed by atoms with Crippen molar-refractivity contribution < 1.29 is 0 Å². The summed E-state index contributed by atoms with van der Waals surface area (Å²) < 4.78 is 0. The first kappa shape index (κ1) is 14.3. The van der Waals surface area contributed by atoms with E-state index >= 15 is 0 Å². The summed E-state index contributed by atoms with van der Waals surface area (Å²) in [6.07, 6.45) is 6.35. The molecular weight excluding hydrogens is 260 g/mol. The molecule has 4 heteroatoms. The molecule has 1 aliphatic carbocycles. The maximum Gasteiger partial charge on any atom is 0.117 e. The molecule has 0 radical (unpaired) electrons. The molecule has 0 atom stereocenters. The van der Waals surface area contributed by atoms with Crippen LogP contribution in [-0.2, 0) is 13.1 Å². The number of aromatic nitrogens is 3. The van der Waals surface area contributed by atoms with Gasteiger partial charge in [-0.1, -0.05) is 50.1 Å². The first-order chi connectivity index (χ1) is 10.4. The normalized spacial score (nSPS) is 15.7. The topological polar surface area (TPSA) is 42.7 Å². The zero-order valence-corrected chi connectivity index (χ0v) is 12.8. The molecule has 2 aromatic rings. The minimum absolute atomic E-state index is 0.657. The third-order valence-corrected chi connectivity index (χ3v) is 4.11. The van der Waals surface area contributed by atoms with Gasteiger partial charge in [0, 0.05) is 18.2 Å². The second kappa shape index (κ2) is 6.85. The average molecular weight is 284 g/mol. The minimum atomic E-state index is 0.657. The SMILES string of the molecule is CCCn1nc(CNC2CCCC2)c(-c2ccccc2)n1. The van der Waals surface area contributed by atoms with Gasteiger partial charge in [0.15, 0.2) is 0 Å². The average Bonchev–Trinajstić information content (AvgIpc) is 3.16. The molecule has 0 spiro atoms. The van der Waals surface area contributed by atoms with Gasteiger partial charge in [-0.15, -0.1) is 0 Å². The summed E-state index contributed by atoms with van der Waals surface area (Å²) in [4.78, 5) is 1.84. The van der Waals surface area contributed by atoms with E-state index in [1.165, 1.54) is 25.7 Å². The minimum Gasteiger partial charge on any atom is -0.308 e. The molecule has 0 bridgehead atoms. The van der Waals surface area contributed by atoms with E-state index in [1.54, 1.807) is 0 Å². The Kier molecular flexibility index (Phi) is 4.65. The molecular formula is C17H24N4. The van der Waals surface area contributed by atoms with Crippen molar-refractivity contribution >= 4 is 0 Å². The Morgan fingerprint density at radius 3 is 2.62 bits per heavy atom. The van der Waals surface area contributed by atoms with Crippen LogP contribution in [0.2, 0.25) is 0 Å². The Balaban J connectivity index is 1.79. The van der Waals surface area contributed by atoms with Crippen molar-refractivity contribution in [1.82, 2.24) is 20.3 Å². The summed E-state index contributed by atoms with van der Waals surface area (Å²) in [5.41, 5.74) is 3.25. The molecule has 21 heavy (non-hydrogen) atoms. The summed E-state index contributed by atoms with van der Waals surface area (Å²) in [6.45, 7) is 3.85. The first-order valence-corrected chi connectivity index (χ1v) is 8.09. The van der Waals surface area contributed by atoms with Crippen molar-refractivity contribution in [2.75, 3.05) is 0 Å². The van der Waals surface area contributed by atoms with Crippen LogP contribution in [0.5, 0.6) is 0 Å². The van der Waals surface area contributed by atoms with E-state index in [1.807, 2.05) is 10.9 Å². The van der Waals surface area contributed by atoms with Crippen LogP contribution in [0.3, 0.4) is 0 Å². The highest BCUT2D eigenvalue weighted by atomic mass is 15.5. The van der Waals surface area contributed by atoms with Crippen LogP contribution in [0.25, 0.3) is 11.3 Å². The Labute approximate surface area is 126 Å². The van der Waals surface area contributed by atoms with E-state index in [2.05, 4.69) is 46.7 Å². The van der Waals surface area contributed by atoms with E-state index in [-0.39, 0.29) is 0 Å². The lowest BCUT2D eigenvalue weighted by atomic mass is 10.1. The van der Waals surface area contributed by atoms with Gasteiger partial charge in [-0.3, -0.25) is 0 Å². The number of aryl methyl sites for hydroxylation is 1. The molecule has 1 aromatic carbocycles. The number of benzene rings is 1. The molecule has 3 rings (SSSR count). The van der Waals surface area contributed by atoms with Gasteiger partial charge in [0.25, 0.3) is 0 Å². The van der Waals surface area contributed by atoms with Crippen molar-refractivity contribution in [3.05, 3.63) is 36.0 Å². The highest BCUT2D eigenvalue weighted by Gasteiger charge is 2.17. The third kappa shape index (κ3) is 3.50. The second-order valence-corrected chi connectivity index (χ2v) is 5.82. The van der Waals surface area contributed by atoms with Gasteiger partial charge < -0.3 is 5.32 Å². The predicted octanol–water partition coefficient (Wildman–Crippen LogP) is 3.39. The van der Waals surface area contributed by atoms with Crippen molar-refractivity contribution in [3.63, 3.8) is 0 Å². The molecule has 1 aromatic heterocycles. The fourth-order valence-corrected chi connectivity index (χ4v) is 2.99. The second-order valence-electron chi connectivity index (χ2n) is 5.82. The van der Waals surface area contributed by atoms with E-state index < -0.39 is 0 Å². The third-order valence-electron chi connectivity index (χ3n) is 4.11. The Morgan fingerprint density at radius 2 is 1.90 bits per heavy atom. The van der Waals surface area contributed by atoms with Gasteiger partial charge in [0.2, 0.25) is 0 Å². The first-order valence-electron chi connectivity index (χ1n) is 8.09. The van der Waals surface area contributed by atoms with Crippen LogP contribution < -0.4 is 5.32 Å². The van der Waals surface area contributed by atoms with Crippen LogP contribution in [0, 0.1) is 0 Å². The van der Waals surface area contributed by atoms with Crippen molar-refractivity contribution in [2.24, 2.45) is 0 Å². The molecule has 0 saturated heterocycles. The Bertz CT molecular complexity index is 555. The van der Waals surface area contributed by atoms with E-state index in [0.29, 0.717) is 6.04 Å². The smallest absolute Gasteiger partial charge is 0.117 e. The fourth-order valence-electron chi connectivity index (χ4n) is 2.99. The number of hydrogen-bond donors (Lipinski definition) is 1. The largest absolute Gasteiger partial charge is 0.308 e. The van der Waals surface area contributed by atoms with E-state index in [4.69, 9.17) is 0 Å². The monoisotopic (exact) mass is 284 g/mol. The van der Waals surface area contributed by atoms with Gasteiger partial charge in [-0.05, 0) is 19.3 Å². The van der Waals surface area contributed by atoms with Crippen LogP contribution >= 0.6 is 0 Å². The lowest BCUT2D eigenvalue weighted by molar-refractivity contribution is 0.499. The molecule has 4 nitrogen and oxygen atoms in total. The van der Waals surface area contributed by atoms with E-state index in [0.717, 1.165) is 36.5 Å².